The van der Waals surface area contributed by atoms with Crippen molar-refractivity contribution in [3.05, 3.63) is 36.0 Å². The lowest BCUT2D eigenvalue weighted by Gasteiger charge is -2.25. The van der Waals surface area contributed by atoms with Gasteiger partial charge in [0.05, 0.1) is 18.2 Å². The number of aromatic nitrogens is 1. The maximum atomic E-state index is 12.4. The Morgan fingerprint density at radius 3 is 2.59 bits per heavy atom. The van der Waals surface area contributed by atoms with Crippen LogP contribution in [0.5, 0.6) is 0 Å². The van der Waals surface area contributed by atoms with Crippen molar-refractivity contribution in [1.82, 2.24) is 9.47 Å². The topological polar surface area (TPSA) is 71.8 Å². The van der Waals surface area contributed by atoms with E-state index in [-0.39, 0.29) is 18.3 Å². The number of fused-ring (bicyclic) bond motifs is 1. The summed E-state index contributed by atoms with van der Waals surface area (Å²) in [5, 5.41) is 11.5. The van der Waals surface area contributed by atoms with Crippen LogP contribution in [0.4, 0.5) is 4.79 Å². The Balaban J connectivity index is 2.31. The monoisotopic (exact) mass is 394 g/mol. The molecule has 1 amide bonds. The van der Waals surface area contributed by atoms with Gasteiger partial charge >= 0.3 is 6.09 Å². The summed E-state index contributed by atoms with van der Waals surface area (Å²) >= 11 is 5.67. The van der Waals surface area contributed by atoms with Crippen LogP contribution in [-0.4, -0.2) is 51.1 Å². The van der Waals surface area contributed by atoms with Crippen LogP contribution in [0.3, 0.4) is 0 Å². The molecule has 0 aliphatic rings. The number of alkyl halides is 1. The number of halogens is 1. The molecule has 0 bridgehead atoms. The second kappa shape index (κ2) is 8.76. The highest BCUT2D eigenvalue weighted by Gasteiger charge is 2.22. The van der Waals surface area contributed by atoms with Gasteiger partial charge in [0, 0.05) is 18.1 Å². The molecule has 0 radical (unpaired) electrons. The minimum Gasteiger partial charge on any atom is -0.443 e. The fraction of sp³-hybridized carbons (Fsp3) is 0.500. The zero-order chi connectivity index (χ0) is 20.2. The van der Waals surface area contributed by atoms with E-state index in [1.54, 1.807) is 35.4 Å². The van der Waals surface area contributed by atoms with Gasteiger partial charge in [-0.3, -0.25) is 9.36 Å². The Bertz CT molecular complexity index is 810. The number of carbonyl (C=O) groups excluding carboxylic acids is 2. The van der Waals surface area contributed by atoms with E-state index in [1.807, 2.05) is 27.7 Å². The number of amides is 1. The summed E-state index contributed by atoms with van der Waals surface area (Å²) in [7, 11) is 0. The minimum absolute atomic E-state index is 0.119. The van der Waals surface area contributed by atoms with E-state index >= 15 is 0 Å². The first-order valence-electron chi connectivity index (χ1n) is 9.03. The highest BCUT2D eigenvalue weighted by Crippen LogP contribution is 2.27. The zero-order valence-corrected chi connectivity index (χ0v) is 17.0. The van der Waals surface area contributed by atoms with Gasteiger partial charge in [0.15, 0.2) is 0 Å². The lowest BCUT2D eigenvalue weighted by atomic mass is 10.0. The van der Waals surface area contributed by atoms with E-state index in [0.717, 1.165) is 11.8 Å². The van der Waals surface area contributed by atoms with Gasteiger partial charge in [-0.2, -0.15) is 0 Å². The number of aliphatic hydroxyl groups is 1. The average Bonchev–Trinajstić information content (AvgIpc) is 3.03. The highest BCUT2D eigenvalue weighted by atomic mass is 35.5. The highest BCUT2D eigenvalue weighted by molar-refractivity contribution is 6.27. The molecular weight excluding hydrogens is 368 g/mol. The summed E-state index contributed by atoms with van der Waals surface area (Å²) in [4.78, 5) is 26.0. The lowest BCUT2D eigenvalue weighted by molar-refractivity contribution is -0.130. The summed E-state index contributed by atoms with van der Waals surface area (Å²) in [6.07, 6.45) is 1.04. The summed E-state index contributed by atoms with van der Waals surface area (Å²) < 4.78 is 6.85. The molecule has 0 aliphatic carbocycles. The number of aliphatic hydroxyl groups excluding tert-OH is 1. The molecule has 2 rings (SSSR count). The van der Waals surface area contributed by atoms with Gasteiger partial charge in [-0.25, -0.2) is 4.79 Å². The molecule has 27 heavy (non-hydrogen) atoms. The van der Waals surface area contributed by atoms with Gasteiger partial charge in [0.25, 0.3) is 0 Å². The van der Waals surface area contributed by atoms with Crippen LogP contribution in [0.15, 0.2) is 30.5 Å². The summed E-state index contributed by atoms with van der Waals surface area (Å²) in [5.41, 5.74) is 0.692. The first-order valence-corrected chi connectivity index (χ1v) is 9.56. The van der Waals surface area contributed by atoms with Gasteiger partial charge in [0.1, 0.15) is 11.5 Å². The van der Waals surface area contributed by atoms with Crippen LogP contribution in [0.2, 0.25) is 0 Å². The minimum atomic E-state index is -0.887. The van der Waals surface area contributed by atoms with Crippen LogP contribution < -0.4 is 0 Å². The fourth-order valence-corrected chi connectivity index (χ4v) is 3.10. The Kier molecular flexibility index (Phi) is 6.89. The Labute approximate surface area is 164 Å². The molecule has 1 aromatic carbocycles. The van der Waals surface area contributed by atoms with Crippen molar-refractivity contribution in [2.24, 2.45) is 0 Å². The molecule has 6 nitrogen and oxygen atoms in total. The largest absolute Gasteiger partial charge is 0.443 e. The standard InChI is InChI=1S/C20H27ClN2O4/c1-5-10-22(18(25)12-21)13-17(24)15-7-6-8-16-14(15)9-11-23(16)19(26)27-20(2,3)4/h6-9,11,17,24H,5,10,12-13H2,1-4H3. The van der Waals surface area contributed by atoms with Gasteiger partial charge in [-0.15, -0.1) is 11.6 Å². The van der Waals surface area contributed by atoms with Crippen molar-refractivity contribution in [3.63, 3.8) is 0 Å². The number of rotatable bonds is 6. The molecule has 0 saturated carbocycles. The van der Waals surface area contributed by atoms with E-state index in [1.165, 1.54) is 4.57 Å². The molecule has 148 valence electrons. The second-order valence-electron chi connectivity index (χ2n) is 7.44. The molecule has 0 fully saturated rings. The molecule has 0 spiro atoms. The quantitative estimate of drug-likeness (QED) is 0.753. The molecule has 1 N–H and O–H groups in total. The molecule has 7 heteroatoms. The SMILES string of the molecule is CCCN(CC(O)c1cccc2c1ccn2C(=O)OC(C)(C)C)C(=O)CCl. The molecular formula is C20H27ClN2O4. The van der Waals surface area contributed by atoms with Crippen molar-refractivity contribution in [2.75, 3.05) is 19.0 Å². The third-order valence-corrected chi connectivity index (χ3v) is 4.30. The molecule has 1 heterocycles. The first-order chi connectivity index (χ1) is 12.7. The Morgan fingerprint density at radius 2 is 2.00 bits per heavy atom. The summed E-state index contributed by atoms with van der Waals surface area (Å²) in [6.45, 7) is 8.06. The van der Waals surface area contributed by atoms with Crippen LogP contribution in [-0.2, 0) is 9.53 Å². The van der Waals surface area contributed by atoms with Crippen molar-refractivity contribution < 1.29 is 19.4 Å². The molecule has 1 atom stereocenters. The average molecular weight is 395 g/mol. The molecule has 1 unspecified atom stereocenters. The third kappa shape index (κ3) is 5.23. The van der Waals surface area contributed by atoms with Crippen molar-refractivity contribution in [3.8, 4) is 0 Å². The third-order valence-electron chi connectivity index (χ3n) is 4.07. The number of hydrogen-bond acceptors (Lipinski definition) is 4. The van der Waals surface area contributed by atoms with E-state index < -0.39 is 17.8 Å². The number of ether oxygens (including phenoxy) is 1. The number of benzene rings is 1. The molecule has 0 saturated heterocycles. The number of carbonyl (C=O) groups is 2. The van der Waals surface area contributed by atoms with Gasteiger partial charge in [-0.1, -0.05) is 19.1 Å². The van der Waals surface area contributed by atoms with Crippen molar-refractivity contribution >= 4 is 34.5 Å². The number of nitrogens with zero attached hydrogens (tertiary/aromatic N) is 2. The van der Waals surface area contributed by atoms with Crippen molar-refractivity contribution in [1.29, 1.82) is 0 Å². The predicted molar refractivity (Wildman–Crippen MR) is 106 cm³/mol. The normalized spacial score (nSPS) is 12.8. The number of hydrogen-bond donors (Lipinski definition) is 1. The van der Waals surface area contributed by atoms with E-state index in [4.69, 9.17) is 16.3 Å². The maximum absolute atomic E-state index is 12.4. The summed E-state index contributed by atoms with van der Waals surface area (Å²) in [6, 6.07) is 7.13. The van der Waals surface area contributed by atoms with E-state index in [9.17, 15) is 14.7 Å². The first kappa shape index (κ1) is 21.3. The van der Waals surface area contributed by atoms with Crippen molar-refractivity contribution in [2.45, 2.75) is 45.8 Å². The lowest BCUT2D eigenvalue weighted by Crippen LogP contribution is -2.36. The van der Waals surface area contributed by atoms with E-state index in [0.29, 0.717) is 17.6 Å². The fourth-order valence-electron chi connectivity index (χ4n) is 2.93. The molecule has 2 aromatic rings. The Hall–Kier alpha value is -2.05. The second-order valence-corrected chi connectivity index (χ2v) is 7.70. The molecule has 0 aliphatic heterocycles. The van der Waals surface area contributed by atoms with Crippen LogP contribution in [0, 0.1) is 0 Å². The Morgan fingerprint density at radius 1 is 1.30 bits per heavy atom. The zero-order valence-electron chi connectivity index (χ0n) is 16.2. The van der Waals surface area contributed by atoms with Gasteiger partial charge in [0.2, 0.25) is 5.91 Å². The van der Waals surface area contributed by atoms with Crippen LogP contribution in [0.25, 0.3) is 10.9 Å². The van der Waals surface area contributed by atoms with Gasteiger partial charge < -0.3 is 14.7 Å². The summed E-state index contributed by atoms with van der Waals surface area (Å²) in [5.74, 6) is -0.331. The van der Waals surface area contributed by atoms with Crippen LogP contribution in [0.1, 0.15) is 45.8 Å². The van der Waals surface area contributed by atoms with Gasteiger partial charge in [-0.05, 0) is 44.9 Å². The maximum Gasteiger partial charge on any atom is 0.418 e. The van der Waals surface area contributed by atoms with E-state index in [2.05, 4.69) is 0 Å². The predicted octanol–water partition coefficient (Wildman–Crippen LogP) is 3.94. The van der Waals surface area contributed by atoms with Crippen LogP contribution >= 0.6 is 11.6 Å². The molecule has 1 aromatic heterocycles. The smallest absolute Gasteiger partial charge is 0.418 e.